The number of likely N-dealkylation sites (tertiary alicyclic amines) is 1. The van der Waals surface area contributed by atoms with Crippen LogP contribution in [0.1, 0.15) is 30.1 Å². The third-order valence-electron chi connectivity index (χ3n) is 6.04. The van der Waals surface area contributed by atoms with Crippen molar-refractivity contribution in [1.29, 1.82) is 0 Å². The monoisotopic (exact) mass is 451 g/mol. The molecule has 3 aromatic rings. The number of fused-ring (bicyclic) bond motifs is 1. The first-order chi connectivity index (χ1) is 15.9. The predicted octanol–water partition coefficient (Wildman–Crippen LogP) is 1.96. The molecule has 2 aromatic heterocycles. The lowest BCUT2D eigenvalue weighted by molar-refractivity contribution is 0.1000. The van der Waals surface area contributed by atoms with Crippen LogP contribution in [0.3, 0.4) is 0 Å². The Kier molecular flexibility index (Phi) is 6.45. The molecule has 174 valence electrons. The van der Waals surface area contributed by atoms with Crippen LogP contribution >= 0.6 is 0 Å². The number of hydrogen-bond donors (Lipinski definition) is 3. The highest BCUT2D eigenvalue weighted by atomic mass is 16.5. The highest BCUT2D eigenvalue weighted by molar-refractivity contribution is 6.00. The van der Waals surface area contributed by atoms with Gasteiger partial charge in [0.25, 0.3) is 5.91 Å². The Morgan fingerprint density at radius 2 is 1.94 bits per heavy atom. The summed E-state index contributed by atoms with van der Waals surface area (Å²) in [6.07, 6.45) is 3.69. The highest BCUT2D eigenvalue weighted by Crippen LogP contribution is 2.23. The Labute approximate surface area is 191 Å². The van der Waals surface area contributed by atoms with Crippen molar-refractivity contribution in [2.24, 2.45) is 11.7 Å². The van der Waals surface area contributed by atoms with E-state index in [1.54, 1.807) is 4.57 Å². The lowest BCUT2D eigenvalue weighted by Gasteiger charge is -2.28. The molecule has 0 bridgehead atoms. The average Bonchev–Trinajstić information content (AvgIpc) is 2.80. The molecule has 1 aromatic carbocycles. The van der Waals surface area contributed by atoms with Gasteiger partial charge in [0.15, 0.2) is 5.65 Å². The molecule has 0 saturated carbocycles. The van der Waals surface area contributed by atoms with Gasteiger partial charge in [-0.05, 0) is 70.1 Å². The van der Waals surface area contributed by atoms with E-state index < -0.39 is 11.3 Å². The predicted molar refractivity (Wildman–Crippen MR) is 128 cm³/mol. The molecule has 0 radical (unpaired) electrons. The number of primary amides is 1. The van der Waals surface area contributed by atoms with Crippen molar-refractivity contribution in [1.82, 2.24) is 19.4 Å². The molecule has 1 saturated heterocycles. The van der Waals surface area contributed by atoms with E-state index in [9.17, 15) is 9.59 Å². The minimum absolute atomic E-state index is 0.00161. The number of anilines is 3. The Balaban J connectivity index is 1.50. The van der Waals surface area contributed by atoms with E-state index in [4.69, 9.17) is 16.2 Å². The largest absolute Gasteiger partial charge is 0.493 e. The molecule has 10 nitrogen and oxygen atoms in total. The zero-order chi connectivity index (χ0) is 23.5. The molecular formula is C23H29N7O3. The van der Waals surface area contributed by atoms with Gasteiger partial charge in [-0.25, -0.2) is 4.98 Å². The first-order valence-electron chi connectivity index (χ1n) is 11.0. The summed E-state index contributed by atoms with van der Waals surface area (Å²) in [4.78, 5) is 35.4. The Bertz CT molecular complexity index is 1220. The summed E-state index contributed by atoms with van der Waals surface area (Å²) in [6, 6.07) is 7.57. The summed E-state index contributed by atoms with van der Waals surface area (Å²) >= 11 is 0. The Morgan fingerprint density at radius 1 is 1.24 bits per heavy atom. The third kappa shape index (κ3) is 4.75. The van der Waals surface area contributed by atoms with Crippen molar-refractivity contribution in [3.8, 4) is 5.75 Å². The van der Waals surface area contributed by atoms with E-state index in [1.165, 1.54) is 6.20 Å². The van der Waals surface area contributed by atoms with Crippen LogP contribution in [0.15, 0.2) is 35.3 Å². The van der Waals surface area contributed by atoms with E-state index in [0.29, 0.717) is 24.1 Å². The maximum Gasteiger partial charge on any atom is 0.256 e. The number of carbonyl (C=O) groups excluding carboxylic acids is 1. The number of nitrogens with two attached hydrogens (primary N) is 2. The van der Waals surface area contributed by atoms with Crippen molar-refractivity contribution in [2.45, 2.75) is 26.3 Å². The number of amides is 1. The number of nitrogen functional groups attached to an aromatic ring is 1. The number of nitrogens with zero attached hydrogens (tertiary/aromatic N) is 4. The van der Waals surface area contributed by atoms with Gasteiger partial charge >= 0.3 is 0 Å². The summed E-state index contributed by atoms with van der Waals surface area (Å²) in [7, 11) is 2.15. The second-order valence-corrected chi connectivity index (χ2v) is 8.34. The summed E-state index contributed by atoms with van der Waals surface area (Å²) in [5.74, 6) is 0.824. The molecule has 1 amide bonds. The SMILES string of the molecule is CCn1c(N)c(C(N)=O)c(=O)c2cnc(Nc3ccc(OCC4CCN(C)CC4)cc3)nc21. The van der Waals surface area contributed by atoms with E-state index in [0.717, 1.165) is 44.0 Å². The average molecular weight is 452 g/mol. The van der Waals surface area contributed by atoms with Crippen molar-refractivity contribution >= 4 is 34.4 Å². The number of ether oxygens (including phenoxy) is 1. The van der Waals surface area contributed by atoms with Gasteiger partial charge in [-0.15, -0.1) is 0 Å². The van der Waals surface area contributed by atoms with Gasteiger partial charge in [0.2, 0.25) is 11.4 Å². The molecule has 0 spiro atoms. The zero-order valence-electron chi connectivity index (χ0n) is 18.9. The number of hydrogen-bond acceptors (Lipinski definition) is 8. The standard InChI is InChI=1S/C23H29N7O3/c1-3-30-20(24)18(21(25)32)19(31)17-12-26-23(28-22(17)30)27-15-4-6-16(7-5-15)33-13-14-8-10-29(2)11-9-14/h4-7,12,14H,3,8-11,13,24H2,1-2H3,(H2,25,32)(H,26,27,28). The number of benzene rings is 1. The van der Waals surface area contributed by atoms with Crippen LogP contribution in [-0.4, -0.2) is 52.1 Å². The van der Waals surface area contributed by atoms with Gasteiger partial charge < -0.3 is 31.0 Å². The normalized spacial score (nSPS) is 15.0. The van der Waals surface area contributed by atoms with Gasteiger partial charge in [-0.2, -0.15) is 4.98 Å². The van der Waals surface area contributed by atoms with Crippen molar-refractivity contribution in [3.63, 3.8) is 0 Å². The van der Waals surface area contributed by atoms with Crippen molar-refractivity contribution < 1.29 is 9.53 Å². The lowest BCUT2D eigenvalue weighted by Crippen LogP contribution is -2.32. The molecule has 1 fully saturated rings. The minimum atomic E-state index is -0.873. The van der Waals surface area contributed by atoms with Crippen LogP contribution in [0.2, 0.25) is 0 Å². The minimum Gasteiger partial charge on any atom is -0.493 e. The molecule has 0 aliphatic carbocycles. The number of rotatable bonds is 7. The fraction of sp³-hybridized carbons (Fsp3) is 0.391. The first-order valence-corrected chi connectivity index (χ1v) is 11.0. The first kappa shape index (κ1) is 22.5. The van der Waals surface area contributed by atoms with Gasteiger partial charge in [-0.3, -0.25) is 9.59 Å². The number of piperidine rings is 1. The number of aromatic nitrogens is 3. The molecule has 1 aliphatic heterocycles. The number of pyridine rings is 1. The lowest BCUT2D eigenvalue weighted by atomic mass is 9.98. The maximum absolute atomic E-state index is 12.6. The van der Waals surface area contributed by atoms with Gasteiger partial charge in [0.05, 0.1) is 12.0 Å². The molecule has 33 heavy (non-hydrogen) atoms. The smallest absolute Gasteiger partial charge is 0.256 e. The van der Waals surface area contributed by atoms with Crippen LogP contribution in [0.25, 0.3) is 11.0 Å². The van der Waals surface area contributed by atoms with Gasteiger partial charge in [-0.1, -0.05) is 0 Å². The third-order valence-corrected chi connectivity index (χ3v) is 6.04. The molecule has 0 unspecified atom stereocenters. The molecule has 0 atom stereocenters. The molecule has 10 heteroatoms. The maximum atomic E-state index is 12.6. The summed E-state index contributed by atoms with van der Waals surface area (Å²) in [5, 5.41) is 3.31. The summed E-state index contributed by atoms with van der Waals surface area (Å²) in [6.45, 7) is 5.19. The van der Waals surface area contributed by atoms with E-state index in [1.807, 2.05) is 31.2 Å². The van der Waals surface area contributed by atoms with E-state index in [2.05, 4.69) is 27.2 Å². The van der Waals surface area contributed by atoms with Gasteiger partial charge in [0, 0.05) is 18.4 Å². The number of aryl methyl sites for hydroxylation is 1. The van der Waals surface area contributed by atoms with Crippen LogP contribution < -0.4 is 26.9 Å². The van der Waals surface area contributed by atoms with Crippen LogP contribution in [0.4, 0.5) is 17.5 Å². The number of nitrogens with one attached hydrogen (secondary N) is 1. The fourth-order valence-electron chi connectivity index (χ4n) is 4.06. The molecular weight excluding hydrogens is 422 g/mol. The zero-order valence-corrected chi connectivity index (χ0v) is 18.9. The van der Waals surface area contributed by atoms with E-state index >= 15 is 0 Å². The van der Waals surface area contributed by atoms with Crippen molar-refractivity contribution in [2.75, 3.05) is 37.8 Å². The van der Waals surface area contributed by atoms with Crippen molar-refractivity contribution in [3.05, 3.63) is 46.2 Å². The van der Waals surface area contributed by atoms with Crippen LogP contribution in [-0.2, 0) is 6.54 Å². The van der Waals surface area contributed by atoms with E-state index in [-0.39, 0.29) is 16.8 Å². The summed E-state index contributed by atoms with van der Waals surface area (Å²) in [5.41, 5.74) is 11.7. The van der Waals surface area contributed by atoms with Gasteiger partial charge in [0.1, 0.15) is 17.1 Å². The number of carbonyl (C=O) groups is 1. The molecule has 4 rings (SSSR count). The Morgan fingerprint density at radius 3 is 2.58 bits per heavy atom. The highest BCUT2D eigenvalue weighted by Gasteiger charge is 2.20. The van der Waals surface area contributed by atoms with Crippen LogP contribution in [0, 0.1) is 5.92 Å². The topological polar surface area (TPSA) is 141 Å². The quantitative estimate of drug-likeness (QED) is 0.495. The Hall–Kier alpha value is -3.66. The fourth-order valence-corrected chi connectivity index (χ4v) is 4.06. The second-order valence-electron chi connectivity index (χ2n) is 8.34. The van der Waals surface area contributed by atoms with Crippen LogP contribution in [0.5, 0.6) is 5.75 Å². The molecule has 1 aliphatic rings. The molecule has 3 heterocycles. The second kappa shape index (κ2) is 9.45. The summed E-state index contributed by atoms with van der Waals surface area (Å²) < 4.78 is 7.54. The molecule has 5 N–H and O–H groups in total.